The molecule has 3 heterocycles. The number of nitrogens with zero attached hydrogens (tertiary/aromatic N) is 3. The molecule has 5 heteroatoms. The van der Waals surface area contributed by atoms with Crippen LogP contribution in [0.3, 0.4) is 0 Å². The maximum Gasteiger partial charge on any atom is 0.164 e. The number of hydrogen-bond acceptors (Lipinski definition) is 5. The second-order valence-corrected chi connectivity index (χ2v) is 14.7. The molecule has 0 unspecified atom stereocenters. The minimum absolute atomic E-state index is 0.566. The predicted octanol–water partition coefficient (Wildman–Crippen LogP) is 14.3. The van der Waals surface area contributed by atoms with Gasteiger partial charge in [0.25, 0.3) is 0 Å². The van der Waals surface area contributed by atoms with Crippen LogP contribution in [0.1, 0.15) is 0 Å². The molecule has 0 N–H and O–H groups in total. The third-order valence-electron chi connectivity index (χ3n) is 11.3. The Morgan fingerprint density at radius 1 is 0.293 bits per heavy atom. The molecule has 5 nitrogen and oxygen atoms in total. The summed E-state index contributed by atoms with van der Waals surface area (Å²) in [6.07, 6.45) is 0. The Kier molecular flexibility index (Phi) is 7.16. The van der Waals surface area contributed by atoms with Crippen molar-refractivity contribution in [1.29, 1.82) is 0 Å². The van der Waals surface area contributed by atoms with Crippen molar-refractivity contribution in [3.8, 4) is 56.4 Å². The zero-order valence-corrected chi connectivity index (χ0v) is 31.1. The van der Waals surface area contributed by atoms with Crippen molar-refractivity contribution in [2.45, 2.75) is 0 Å². The van der Waals surface area contributed by atoms with Gasteiger partial charge in [-0.05, 0) is 62.5 Å². The van der Waals surface area contributed by atoms with Crippen molar-refractivity contribution in [2.75, 3.05) is 0 Å². The normalized spacial score (nSPS) is 11.8. The number of aromatic nitrogens is 3. The first-order valence-corrected chi connectivity index (χ1v) is 19.4. The van der Waals surface area contributed by atoms with Crippen LogP contribution in [0.2, 0.25) is 0 Å². The van der Waals surface area contributed by atoms with Gasteiger partial charge >= 0.3 is 0 Å². The van der Waals surface area contributed by atoms with Gasteiger partial charge in [-0.15, -0.1) is 0 Å². The molecule has 0 spiro atoms. The molecule has 0 aliphatic rings. The highest BCUT2D eigenvalue weighted by Crippen LogP contribution is 2.42. The van der Waals surface area contributed by atoms with E-state index >= 15 is 0 Å². The van der Waals surface area contributed by atoms with Gasteiger partial charge in [-0.1, -0.05) is 164 Å². The van der Waals surface area contributed by atoms with Crippen molar-refractivity contribution < 1.29 is 8.83 Å². The van der Waals surface area contributed by atoms with Gasteiger partial charge in [0.15, 0.2) is 17.5 Å². The third kappa shape index (κ3) is 5.14. The predicted molar refractivity (Wildman–Crippen MR) is 237 cm³/mol. The molecule has 0 amide bonds. The maximum atomic E-state index is 6.76. The van der Waals surface area contributed by atoms with Crippen LogP contribution in [0.5, 0.6) is 0 Å². The summed E-state index contributed by atoms with van der Waals surface area (Å²) in [6, 6.07) is 65.2. The first kappa shape index (κ1) is 32.4. The molecule has 0 aliphatic heterocycles. The molecule has 0 aliphatic carbocycles. The highest BCUT2D eigenvalue weighted by Gasteiger charge is 2.21. The number of para-hydroxylation sites is 2. The number of hydrogen-bond donors (Lipinski definition) is 0. The van der Waals surface area contributed by atoms with E-state index in [1.165, 1.54) is 21.9 Å². The van der Waals surface area contributed by atoms with Gasteiger partial charge in [0.05, 0.1) is 0 Å². The topological polar surface area (TPSA) is 65.0 Å². The molecular weight excluding hydrogens is 711 g/mol. The molecule has 0 fully saturated rings. The zero-order chi connectivity index (χ0) is 38.2. The largest absolute Gasteiger partial charge is 0.456 e. The minimum atomic E-state index is 0.566. The van der Waals surface area contributed by atoms with Crippen LogP contribution in [-0.4, -0.2) is 15.0 Å². The van der Waals surface area contributed by atoms with Crippen molar-refractivity contribution in [3.63, 3.8) is 0 Å². The van der Waals surface area contributed by atoms with Crippen LogP contribution in [0, 0.1) is 0 Å². The molecular formula is C53H31N3O2. The van der Waals surface area contributed by atoms with Gasteiger partial charge in [-0.25, -0.2) is 15.0 Å². The number of benzene rings is 9. The van der Waals surface area contributed by atoms with Crippen molar-refractivity contribution >= 4 is 65.4 Å². The molecule has 0 bridgehead atoms. The van der Waals surface area contributed by atoms with Crippen LogP contribution in [0.4, 0.5) is 0 Å². The molecule has 0 saturated carbocycles. The number of rotatable bonds is 5. The van der Waals surface area contributed by atoms with Gasteiger partial charge in [0.1, 0.15) is 22.3 Å². The fraction of sp³-hybridized carbons (Fsp3) is 0. The summed E-state index contributed by atoms with van der Waals surface area (Å²) in [7, 11) is 0. The summed E-state index contributed by atoms with van der Waals surface area (Å²) in [4.78, 5) is 15.7. The van der Waals surface area contributed by atoms with E-state index in [9.17, 15) is 0 Å². The average molecular weight is 742 g/mol. The molecule has 3 aromatic heterocycles. The van der Waals surface area contributed by atoms with Crippen LogP contribution in [0.25, 0.3) is 122 Å². The number of fused-ring (bicyclic) bond motifs is 8. The van der Waals surface area contributed by atoms with E-state index in [1.807, 2.05) is 42.5 Å². The highest BCUT2D eigenvalue weighted by atomic mass is 16.3. The lowest BCUT2D eigenvalue weighted by molar-refractivity contribution is 0.669. The van der Waals surface area contributed by atoms with E-state index in [0.717, 1.165) is 82.5 Å². The number of furan rings is 2. The van der Waals surface area contributed by atoms with E-state index in [0.29, 0.717) is 17.5 Å². The third-order valence-corrected chi connectivity index (χ3v) is 11.3. The second-order valence-electron chi connectivity index (χ2n) is 14.7. The fourth-order valence-corrected chi connectivity index (χ4v) is 8.60. The average Bonchev–Trinajstić information content (AvgIpc) is 3.88. The summed E-state index contributed by atoms with van der Waals surface area (Å²) >= 11 is 0. The summed E-state index contributed by atoms with van der Waals surface area (Å²) in [5.41, 5.74) is 10.3. The van der Waals surface area contributed by atoms with Gasteiger partial charge in [-0.3, -0.25) is 0 Å². The lowest BCUT2D eigenvalue weighted by Gasteiger charge is -2.10. The molecule has 0 atom stereocenters. The van der Waals surface area contributed by atoms with Gasteiger partial charge < -0.3 is 8.83 Å². The van der Waals surface area contributed by atoms with Crippen molar-refractivity contribution in [3.05, 3.63) is 188 Å². The van der Waals surface area contributed by atoms with Gasteiger partial charge in [-0.2, -0.15) is 0 Å². The molecule has 58 heavy (non-hydrogen) atoms. The first-order chi connectivity index (χ1) is 28.7. The molecule has 270 valence electrons. The van der Waals surface area contributed by atoms with E-state index in [-0.39, 0.29) is 0 Å². The highest BCUT2D eigenvalue weighted by molar-refractivity contribution is 6.15. The van der Waals surface area contributed by atoms with E-state index in [4.69, 9.17) is 23.8 Å². The molecule has 12 rings (SSSR count). The lowest BCUT2D eigenvalue weighted by Crippen LogP contribution is -2.00. The Balaban J connectivity index is 1.04. The molecule has 0 radical (unpaired) electrons. The second kappa shape index (κ2) is 12.8. The Morgan fingerprint density at radius 3 is 1.59 bits per heavy atom. The molecule has 0 saturated heterocycles. The summed E-state index contributed by atoms with van der Waals surface area (Å²) in [5, 5.41) is 8.69. The zero-order valence-electron chi connectivity index (χ0n) is 31.1. The Morgan fingerprint density at radius 2 is 0.793 bits per heavy atom. The Labute approximate surface area is 332 Å². The van der Waals surface area contributed by atoms with E-state index < -0.39 is 0 Å². The smallest absolute Gasteiger partial charge is 0.164 e. The van der Waals surface area contributed by atoms with Crippen LogP contribution in [-0.2, 0) is 0 Å². The first-order valence-electron chi connectivity index (χ1n) is 19.4. The van der Waals surface area contributed by atoms with E-state index in [2.05, 4.69) is 146 Å². The minimum Gasteiger partial charge on any atom is -0.456 e. The van der Waals surface area contributed by atoms with Crippen LogP contribution in [0.15, 0.2) is 197 Å². The molecule has 12 aromatic rings. The standard InChI is InChI=1S/C53H31N3O2/c1-2-13-36-31-37(30-25-32(36)11-1)51-54-52(43-20-9-23-46-48(43)41-16-5-6-22-45(41)57-46)56-53(55-51)44-21-10-24-47-49(44)42-19-8-18-40(50(42)58-47)35-28-26-34(27-29-35)39-17-7-14-33-12-3-4-15-38(33)39/h1-31H. The van der Waals surface area contributed by atoms with Gasteiger partial charge in [0.2, 0.25) is 0 Å². The fourth-order valence-electron chi connectivity index (χ4n) is 8.60. The maximum absolute atomic E-state index is 6.76. The lowest BCUT2D eigenvalue weighted by atomic mass is 9.95. The van der Waals surface area contributed by atoms with Crippen molar-refractivity contribution in [2.24, 2.45) is 0 Å². The summed E-state index contributed by atoms with van der Waals surface area (Å²) in [6.45, 7) is 0. The SMILES string of the molecule is c1ccc2cc(-c3nc(-c4cccc5oc6ccccc6c45)nc(-c4cccc5oc6c(-c7ccc(-c8cccc9ccccc89)cc7)cccc6c45)n3)ccc2c1. The van der Waals surface area contributed by atoms with Crippen LogP contribution >= 0.6 is 0 Å². The van der Waals surface area contributed by atoms with Gasteiger partial charge in [0, 0.05) is 43.8 Å². The van der Waals surface area contributed by atoms with Crippen molar-refractivity contribution in [1.82, 2.24) is 15.0 Å². The quantitative estimate of drug-likeness (QED) is 0.176. The van der Waals surface area contributed by atoms with Crippen LogP contribution < -0.4 is 0 Å². The summed E-state index contributed by atoms with van der Waals surface area (Å²) in [5.74, 6) is 1.73. The molecule has 9 aromatic carbocycles. The monoisotopic (exact) mass is 741 g/mol. The summed E-state index contributed by atoms with van der Waals surface area (Å²) < 4.78 is 13.1. The Bertz CT molecular complexity index is 3570. The Hall–Kier alpha value is -7.89. The van der Waals surface area contributed by atoms with E-state index in [1.54, 1.807) is 0 Å².